The molecule has 2 heteroatoms. The Hall–Kier alpha value is -0.0800. The molecule has 0 aromatic carbocycles. The number of rotatable bonds is 4. The van der Waals surface area contributed by atoms with E-state index in [4.69, 9.17) is 5.73 Å². The third-order valence-corrected chi connectivity index (χ3v) is 3.52. The molecule has 2 N–H and O–H groups in total. The molecule has 1 aliphatic rings. The van der Waals surface area contributed by atoms with Crippen molar-refractivity contribution in [3.05, 3.63) is 0 Å². The molecule has 1 fully saturated rings. The Bertz CT molecular complexity index is 137. The second kappa shape index (κ2) is 4.97. The summed E-state index contributed by atoms with van der Waals surface area (Å²) < 4.78 is 0. The van der Waals surface area contributed by atoms with Crippen LogP contribution in [0.25, 0.3) is 0 Å². The van der Waals surface area contributed by atoms with Gasteiger partial charge in [0.25, 0.3) is 0 Å². The Kier molecular flexibility index (Phi) is 4.20. The van der Waals surface area contributed by atoms with Gasteiger partial charge in [-0.3, -0.25) is 4.90 Å². The average molecular weight is 184 g/mol. The predicted molar refractivity (Wildman–Crippen MR) is 57.7 cm³/mol. The topological polar surface area (TPSA) is 29.3 Å². The van der Waals surface area contributed by atoms with Crippen LogP contribution in [0.5, 0.6) is 0 Å². The highest BCUT2D eigenvalue weighted by atomic mass is 15.2. The zero-order chi connectivity index (χ0) is 9.84. The van der Waals surface area contributed by atoms with E-state index < -0.39 is 0 Å². The summed E-state index contributed by atoms with van der Waals surface area (Å²) in [7, 11) is 2.21. The fourth-order valence-electron chi connectivity index (χ4n) is 2.42. The first kappa shape index (κ1) is 11.0. The third kappa shape index (κ3) is 2.68. The van der Waals surface area contributed by atoms with Crippen molar-refractivity contribution in [3.8, 4) is 0 Å². The fourth-order valence-corrected chi connectivity index (χ4v) is 2.42. The maximum absolute atomic E-state index is 5.85. The summed E-state index contributed by atoms with van der Waals surface area (Å²) in [6.07, 6.45) is 5.60. The van der Waals surface area contributed by atoms with Gasteiger partial charge in [0.1, 0.15) is 0 Å². The lowest BCUT2D eigenvalue weighted by molar-refractivity contribution is 0.146. The van der Waals surface area contributed by atoms with Crippen molar-refractivity contribution in [2.24, 2.45) is 11.7 Å². The van der Waals surface area contributed by atoms with Crippen molar-refractivity contribution in [2.45, 2.75) is 51.6 Å². The Morgan fingerprint density at radius 2 is 1.85 bits per heavy atom. The Balaban J connectivity index is 2.49. The molecule has 1 unspecified atom stereocenters. The molecule has 1 aliphatic carbocycles. The Morgan fingerprint density at radius 1 is 1.31 bits per heavy atom. The van der Waals surface area contributed by atoms with E-state index in [1.54, 1.807) is 0 Å². The molecular weight excluding hydrogens is 160 g/mol. The molecule has 0 bridgehead atoms. The number of hydrogen-bond acceptors (Lipinski definition) is 2. The van der Waals surface area contributed by atoms with E-state index in [0.29, 0.717) is 12.1 Å². The summed E-state index contributed by atoms with van der Waals surface area (Å²) in [5.74, 6) is 0.859. The molecule has 0 radical (unpaired) electrons. The normalized spacial score (nSPS) is 21.7. The summed E-state index contributed by atoms with van der Waals surface area (Å²) in [6.45, 7) is 5.31. The molecule has 0 aromatic rings. The standard InChI is InChI=1S/C11H24N2/c1-9(2)13(3)11(8-12)10-6-4-5-7-10/h9-11H,4-8,12H2,1-3H3. The Morgan fingerprint density at radius 3 is 2.23 bits per heavy atom. The fraction of sp³-hybridized carbons (Fsp3) is 1.00. The van der Waals surface area contributed by atoms with Gasteiger partial charge < -0.3 is 5.73 Å². The second-order valence-corrected chi connectivity index (χ2v) is 4.61. The van der Waals surface area contributed by atoms with Gasteiger partial charge in [0.05, 0.1) is 0 Å². The van der Waals surface area contributed by atoms with Crippen molar-refractivity contribution >= 4 is 0 Å². The highest BCUT2D eigenvalue weighted by Gasteiger charge is 2.27. The Labute approximate surface area is 82.5 Å². The van der Waals surface area contributed by atoms with Crippen LogP contribution in [0, 0.1) is 5.92 Å². The second-order valence-electron chi connectivity index (χ2n) is 4.61. The first-order valence-corrected chi connectivity index (χ1v) is 5.58. The predicted octanol–water partition coefficient (Wildman–Crippen LogP) is 1.84. The van der Waals surface area contributed by atoms with Gasteiger partial charge >= 0.3 is 0 Å². The van der Waals surface area contributed by atoms with Gasteiger partial charge in [-0.1, -0.05) is 12.8 Å². The molecule has 0 aromatic heterocycles. The van der Waals surface area contributed by atoms with Crippen molar-refractivity contribution < 1.29 is 0 Å². The number of hydrogen-bond donors (Lipinski definition) is 1. The number of nitrogens with zero attached hydrogens (tertiary/aromatic N) is 1. The third-order valence-electron chi connectivity index (χ3n) is 3.52. The van der Waals surface area contributed by atoms with E-state index in [1.807, 2.05) is 0 Å². The quantitative estimate of drug-likeness (QED) is 0.722. The minimum atomic E-state index is 0.613. The molecule has 1 atom stereocenters. The summed E-state index contributed by atoms with van der Waals surface area (Å²) in [6, 6.07) is 1.23. The van der Waals surface area contributed by atoms with Crippen molar-refractivity contribution in [2.75, 3.05) is 13.6 Å². The van der Waals surface area contributed by atoms with E-state index in [-0.39, 0.29) is 0 Å². The van der Waals surface area contributed by atoms with Crippen LogP contribution < -0.4 is 5.73 Å². The first-order chi connectivity index (χ1) is 6.16. The molecule has 1 rings (SSSR count). The van der Waals surface area contributed by atoms with Gasteiger partial charge in [-0.2, -0.15) is 0 Å². The highest BCUT2D eigenvalue weighted by molar-refractivity contribution is 4.83. The SMILES string of the molecule is CC(C)N(C)C(CN)C1CCCC1. The smallest absolute Gasteiger partial charge is 0.0246 e. The van der Waals surface area contributed by atoms with Crippen molar-refractivity contribution in [1.82, 2.24) is 4.90 Å². The van der Waals surface area contributed by atoms with Gasteiger partial charge in [0.2, 0.25) is 0 Å². The van der Waals surface area contributed by atoms with Crippen LogP contribution in [0.1, 0.15) is 39.5 Å². The van der Waals surface area contributed by atoms with Crippen molar-refractivity contribution in [3.63, 3.8) is 0 Å². The van der Waals surface area contributed by atoms with E-state index >= 15 is 0 Å². The molecule has 0 saturated heterocycles. The minimum absolute atomic E-state index is 0.613. The van der Waals surface area contributed by atoms with Crippen LogP contribution in [0.4, 0.5) is 0 Å². The average Bonchev–Trinajstić information content (AvgIpc) is 2.58. The summed E-state index contributed by atoms with van der Waals surface area (Å²) in [4.78, 5) is 2.44. The molecule has 2 nitrogen and oxygen atoms in total. The molecule has 0 spiro atoms. The van der Waals surface area contributed by atoms with Crippen molar-refractivity contribution in [1.29, 1.82) is 0 Å². The molecule has 0 amide bonds. The van der Waals surface area contributed by atoms with E-state index in [0.717, 1.165) is 12.5 Å². The molecule has 0 aliphatic heterocycles. The molecule has 13 heavy (non-hydrogen) atoms. The zero-order valence-corrected chi connectivity index (χ0v) is 9.29. The molecule has 1 saturated carbocycles. The zero-order valence-electron chi connectivity index (χ0n) is 9.29. The van der Waals surface area contributed by atoms with Crippen LogP contribution in [0.2, 0.25) is 0 Å². The summed E-state index contributed by atoms with van der Waals surface area (Å²) in [5.41, 5.74) is 5.85. The minimum Gasteiger partial charge on any atom is -0.329 e. The molecular formula is C11H24N2. The lowest BCUT2D eigenvalue weighted by atomic mass is 9.96. The lowest BCUT2D eigenvalue weighted by Crippen LogP contribution is -2.45. The van der Waals surface area contributed by atoms with Crippen LogP contribution in [0.15, 0.2) is 0 Å². The largest absolute Gasteiger partial charge is 0.329 e. The lowest BCUT2D eigenvalue weighted by Gasteiger charge is -2.34. The van der Waals surface area contributed by atoms with Gasteiger partial charge in [-0.15, -0.1) is 0 Å². The van der Waals surface area contributed by atoms with E-state index in [1.165, 1.54) is 25.7 Å². The van der Waals surface area contributed by atoms with Crippen LogP contribution in [-0.2, 0) is 0 Å². The van der Waals surface area contributed by atoms with Gasteiger partial charge in [-0.05, 0) is 39.7 Å². The van der Waals surface area contributed by atoms with E-state index in [2.05, 4.69) is 25.8 Å². The number of nitrogens with two attached hydrogens (primary N) is 1. The van der Waals surface area contributed by atoms with Crippen LogP contribution >= 0.6 is 0 Å². The number of likely N-dealkylation sites (N-methyl/N-ethyl adjacent to an activating group) is 1. The highest BCUT2D eigenvalue weighted by Crippen LogP contribution is 2.29. The molecule has 78 valence electrons. The van der Waals surface area contributed by atoms with Gasteiger partial charge in [-0.25, -0.2) is 0 Å². The van der Waals surface area contributed by atoms with E-state index in [9.17, 15) is 0 Å². The maximum Gasteiger partial charge on any atom is 0.0246 e. The monoisotopic (exact) mass is 184 g/mol. The van der Waals surface area contributed by atoms with Crippen LogP contribution in [-0.4, -0.2) is 30.6 Å². The van der Waals surface area contributed by atoms with Crippen LogP contribution in [0.3, 0.4) is 0 Å². The van der Waals surface area contributed by atoms with Gasteiger partial charge in [0.15, 0.2) is 0 Å². The summed E-state index contributed by atoms with van der Waals surface area (Å²) >= 11 is 0. The maximum atomic E-state index is 5.85. The summed E-state index contributed by atoms with van der Waals surface area (Å²) in [5, 5.41) is 0. The van der Waals surface area contributed by atoms with Gasteiger partial charge in [0, 0.05) is 18.6 Å². The molecule has 0 heterocycles. The first-order valence-electron chi connectivity index (χ1n) is 5.58.